The molecule has 4 aliphatic heterocycles. The SMILES string of the molecule is CC(C)(C)OC(=O)N1CC(C2CCN(C(=O)C3CC3)CC2)C1.CC(C)(C)OC(=O)N1CC(C2CCNCC2)C1.O=C(Cl)C1CC1. The highest BCUT2D eigenvalue weighted by molar-refractivity contribution is 6.64. The van der Waals surface area contributed by atoms with Crippen molar-refractivity contribution in [3.05, 3.63) is 0 Å². The summed E-state index contributed by atoms with van der Waals surface area (Å²) in [6, 6.07) is 0. The van der Waals surface area contributed by atoms with Crippen molar-refractivity contribution in [2.24, 2.45) is 35.5 Å². The molecule has 256 valence electrons. The molecule has 6 aliphatic rings. The molecule has 4 saturated heterocycles. The Morgan fingerprint density at radius 1 is 0.578 bits per heavy atom. The first-order valence-corrected chi connectivity index (χ1v) is 17.6. The van der Waals surface area contributed by atoms with E-state index in [4.69, 9.17) is 21.1 Å². The second-order valence-electron chi connectivity index (χ2n) is 15.9. The summed E-state index contributed by atoms with van der Waals surface area (Å²) in [5.74, 6) is 3.68. The maximum absolute atomic E-state index is 12.1. The predicted octanol–water partition coefficient (Wildman–Crippen LogP) is 5.52. The summed E-state index contributed by atoms with van der Waals surface area (Å²) in [6.45, 7) is 18.9. The molecule has 0 aromatic rings. The van der Waals surface area contributed by atoms with E-state index in [-0.39, 0.29) is 28.9 Å². The number of likely N-dealkylation sites (tertiary alicyclic amines) is 3. The summed E-state index contributed by atoms with van der Waals surface area (Å²) in [4.78, 5) is 51.4. The van der Waals surface area contributed by atoms with Crippen molar-refractivity contribution in [3.8, 4) is 0 Å². The predicted molar refractivity (Wildman–Crippen MR) is 174 cm³/mol. The van der Waals surface area contributed by atoms with Crippen LogP contribution < -0.4 is 5.32 Å². The van der Waals surface area contributed by atoms with Crippen LogP contribution in [0.15, 0.2) is 0 Å². The Kier molecular flexibility index (Phi) is 12.1. The second-order valence-corrected chi connectivity index (χ2v) is 16.3. The van der Waals surface area contributed by atoms with Gasteiger partial charge in [-0.15, -0.1) is 0 Å². The number of carbonyl (C=O) groups is 4. The number of hydrogen-bond donors (Lipinski definition) is 1. The van der Waals surface area contributed by atoms with Gasteiger partial charge >= 0.3 is 12.2 Å². The molecule has 10 nitrogen and oxygen atoms in total. The Balaban J connectivity index is 0.000000177. The van der Waals surface area contributed by atoms with Gasteiger partial charge in [0, 0.05) is 51.1 Å². The van der Waals surface area contributed by atoms with Crippen LogP contribution in [-0.4, -0.2) is 102 Å². The molecular weight excluding hydrogens is 596 g/mol. The first-order valence-electron chi connectivity index (χ1n) is 17.2. The van der Waals surface area contributed by atoms with Crippen LogP contribution in [0.1, 0.15) is 92.9 Å². The van der Waals surface area contributed by atoms with Crippen LogP contribution in [0.4, 0.5) is 9.59 Å². The third-order valence-electron chi connectivity index (χ3n) is 9.52. The highest BCUT2D eigenvalue weighted by Gasteiger charge is 2.41. The average molecular weight is 653 g/mol. The summed E-state index contributed by atoms with van der Waals surface area (Å²) >= 11 is 5.04. The van der Waals surface area contributed by atoms with E-state index in [9.17, 15) is 19.2 Å². The molecule has 1 N–H and O–H groups in total. The van der Waals surface area contributed by atoms with E-state index >= 15 is 0 Å². The minimum atomic E-state index is -0.420. The van der Waals surface area contributed by atoms with Crippen molar-refractivity contribution in [3.63, 3.8) is 0 Å². The van der Waals surface area contributed by atoms with Crippen LogP contribution in [-0.2, 0) is 19.1 Å². The smallest absolute Gasteiger partial charge is 0.410 e. The average Bonchev–Trinajstić information content (AvgIpc) is 3.79. The zero-order chi connectivity index (χ0) is 32.9. The van der Waals surface area contributed by atoms with Gasteiger partial charge in [0.15, 0.2) is 0 Å². The van der Waals surface area contributed by atoms with Gasteiger partial charge in [-0.25, -0.2) is 9.59 Å². The molecule has 0 atom stereocenters. The number of carbonyl (C=O) groups excluding carboxylic acids is 4. The molecule has 3 amide bonds. The monoisotopic (exact) mass is 652 g/mol. The van der Waals surface area contributed by atoms with Gasteiger partial charge in [0.1, 0.15) is 11.2 Å². The van der Waals surface area contributed by atoms with Gasteiger partial charge in [0.2, 0.25) is 11.1 Å². The van der Waals surface area contributed by atoms with Crippen molar-refractivity contribution in [2.75, 3.05) is 52.4 Å². The minimum absolute atomic E-state index is 0.150. The van der Waals surface area contributed by atoms with Gasteiger partial charge in [0.25, 0.3) is 0 Å². The molecule has 0 unspecified atom stereocenters. The van der Waals surface area contributed by atoms with Crippen molar-refractivity contribution in [1.29, 1.82) is 0 Å². The Bertz CT molecular complexity index is 1020. The van der Waals surface area contributed by atoms with Crippen molar-refractivity contribution in [2.45, 2.75) is 104 Å². The number of ether oxygens (including phenoxy) is 2. The third kappa shape index (κ3) is 11.6. The molecule has 6 rings (SSSR count). The lowest BCUT2D eigenvalue weighted by Crippen LogP contribution is -2.55. The van der Waals surface area contributed by atoms with E-state index < -0.39 is 5.60 Å². The zero-order valence-corrected chi connectivity index (χ0v) is 29.2. The fourth-order valence-corrected chi connectivity index (χ4v) is 6.60. The maximum atomic E-state index is 12.1. The van der Waals surface area contributed by atoms with E-state index in [2.05, 4.69) is 10.2 Å². The minimum Gasteiger partial charge on any atom is -0.444 e. The normalized spacial score (nSPS) is 23.4. The lowest BCUT2D eigenvalue weighted by molar-refractivity contribution is -0.134. The van der Waals surface area contributed by atoms with Crippen LogP contribution in [0.5, 0.6) is 0 Å². The van der Waals surface area contributed by atoms with E-state index in [1.165, 1.54) is 12.8 Å². The second kappa shape index (κ2) is 15.2. The lowest BCUT2D eigenvalue weighted by atomic mass is 9.80. The van der Waals surface area contributed by atoms with Gasteiger partial charge < -0.3 is 29.5 Å². The van der Waals surface area contributed by atoms with E-state index in [0.717, 1.165) is 96.8 Å². The molecule has 0 aromatic carbocycles. The number of nitrogens with zero attached hydrogens (tertiary/aromatic N) is 3. The molecule has 2 saturated carbocycles. The van der Waals surface area contributed by atoms with Crippen LogP contribution in [0.2, 0.25) is 0 Å². The molecule has 0 aromatic heterocycles. The molecule has 0 radical (unpaired) electrons. The fraction of sp³-hybridized carbons (Fsp3) is 0.882. The Morgan fingerprint density at radius 2 is 0.978 bits per heavy atom. The van der Waals surface area contributed by atoms with Gasteiger partial charge in [-0.05, 0) is 141 Å². The number of nitrogens with one attached hydrogen (secondary N) is 1. The number of halogens is 1. The first-order chi connectivity index (χ1) is 21.1. The molecule has 45 heavy (non-hydrogen) atoms. The summed E-state index contributed by atoms with van der Waals surface area (Å²) in [7, 11) is 0. The zero-order valence-electron chi connectivity index (χ0n) is 28.4. The lowest BCUT2D eigenvalue weighted by Gasteiger charge is -2.46. The summed E-state index contributed by atoms with van der Waals surface area (Å²) in [5, 5.41) is 3.22. The fourth-order valence-electron chi connectivity index (χ4n) is 6.38. The topological polar surface area (TPSA) is 108 Å². The molecule has 2 aliphatic carbocycles. The van der Waals surface area contributed by atoms with Crippen molar-refractivity contribution >= 4 is 34.9 Å². The maximum Gasteiger partial charge on any atom is 0.410 e. The van der Waals surface area contributed by atoms with E-state index in [1.807, 2.05) is 46.4 Å². The molecule has 0 bridgehead atoms. The number of piperidine rings is 2. The van der Waals surface area contributed by atoms with Crippen LogP contribution >= 0.6 is 11.6 Å². The van der Waals surface area contributed by atoms with E-state index in [0.29, 0.717) is 29.6 Å². The van der Waals surface area contributed by atoms with Crippen LogP contribution in [0.25, 0.3) is 0 Å². The molecule has 6 fully saturated rings. The summed E-state index contributed by atoms with van der Waals surface area (Å²) in [6.07, 6.45) is 8.56. The number of amides is 3. The molecular formula is C34H57ClN4O6. The third-order valence-corrected chi connectivity index (χ3v) is 9.82. The highest BCUT2D eigenvalue weighted by Crippen LogP contribution is 2.36. The van der Waals surface area contributed by atoms with E-state index in [1.54, 1.807) is 4.90 Å². The first kappa shape index (κ1) is 35.8. The standard InChI is InChI=1S/C17H28N2O3.C13H24N2O2.C4H5ClO/c1-17(2,3)22-16(21)19-10-14(11-19)12-6-8-18(9-7-12)15(20)13-4-5-13;1-13(2,3)17-12(16)15-8-11(9-15)10-4-6-14-7-5-10;5-4(6)3-1-2-3/h12-14H,4-11H2,1-3H3;10-11,14H,4-9H2,1-3H3;3H,1-2H2. The number of hydrogen-bond acceptors (Lipinski definition) is 7. The summed E-state index contributed by atoms with van der Waals surface area (Å²) in [5.41, 5.74) is -0.798. The Morgan fingerprint density at radius 3 is 1.31 bits per heavy atom. The summed E-state index contributed by atoms with van der Waals surface area (Å²) < 4.78 is 10.7. The number of rotatable bonds is 4. The van der Waals surface area contributed by atoms with Gasteiger partial charge in [-0.3, -0.25) is 9.59 Å². The molecule has 11 heteroatoms. The molecule has 4 heterocycles. The van der Waals surface area contributed by atoms with Gasteiger partial charge in [-0.1, -0.05) is 0 Å². The van der Waals surface area contributed by atoms with Gasteiger partial charge in [0.05, 0.1) is 0 Å². The highest BCUT2D eigenvalue weighted by atomic mass is 35.5. The Hall–Kier alpha value is -2.07. The molecule has 0 spiro atoms. The van der Waals surface area contributed by atoms with Crippen molar-refractivity contribution in [1.82, 2.24) is 20.0 Å². The largest absolute Gasteiger partial charge is 0.444 e. The van der Waals surface area contributed by atoms with Crippen molar-refractivity contribution < 1.29 is 28.7 Å². The van der Waals surface area contributed by atoms with Crippen LogP contribution in [0, 0.1) is 35.5 Å². The quantitative estimate of drug-likeness (QED) is 0.399. The van der Waals surface area contributed by atoms with Crippen LogP contribution in [0.3, 0.4) is 0 Å². The Labute approximate surface area is 275 Å². The van der Waals surface area contributed by atoms with Gasteiger partial charge in [-0.2, -0.15) is 0 Å².